The molecule has 1 heterocycles. The van der Waals surface area contributed by atoms with Crippen LogP contribution in [0.25, 0.3) is 10.9 Å². The Balaban J connectivity index is 1.91. The van der Waals surface area contributed by atoms with Gasteiger partial charge in [0.1, 0.15) is 18.0 Å². The normalized spacial score (nSPS) is 17.3. The van der Waals surface area contributed by atoms with Gasteiger partial charge in [-0.15, -0.1) is 0 Å². The van der Waals surface area contributed by atoms with Crippen molar-refractivity contribution < 1.29 is 4.39 Å². The molecule has 0 radical (unpaired) electrons. The molecule has 0 spiro atoms. The minimum Gasteiger partial charge on any atom is -0.367 e. The van der Waals surface area contributed by atoms with Gasteiger partial charge < -0.3 is 5.32 Å². The number of hydrogen-bond donors (Lipinski definition) is 1. The van der Waals surface area contributed by atoms with Crippen molar-refractivity contribution >= 4 is 16.7 Å². The van der Waals surface area contributed by atoms with Crippen molar-refractivity contribution in [1.82, 2.24) is 9.97 Å². The topological polar surface area (TPSA) is 37.8 Å². The van der Waals surface area contributed by atoms with E-state index in [0.717, 1.165) is 12.8 Å². The van der Waals surface area contributed by atoms with E-state index in [1.54, 1.807) is 6.07 Å². The zero-order chi connectivity index (χ0) is 13.1. The third-order valence-corrected chi connectivity index (χ3v) is 3.81. The molecule has 1 fully saturated rings. The summed E-state index contributed by atoms with van der Waals surface area (Å²) in [5.41, 5.74) is 0.658. The summed E-state index contributed by atoms with van der Waals surface area (Å²) in [5.74, 6) is 0.379. The first-order valence-corrected chi connectivity index (χ1v) is 7.00. The molecule has 3 nitrogen and oxygen atoms in total. The molecular formula is C15H18FN3. The fraction of sp³-hybridized carbons (Fsp3) is 0.467. The summed E-state index contributed by atoms with van der Waals surface area (Å²) >= 11 is 0. The maximum atomic E-state index is 14.0. The van der Waals surface area contributed by atoms with Crippen molar-refractivity contribution in [3.8, 4) is 0 Å². The standard InChI is InChI=1S/C15H18FN3/c16-12-8-5-9-13-14(12)15(18-10-17-13)19-11-6-3-1-2-4-7-11/h5,8-11H,1-4,6-7H2,(H,17,18,19). The van der Waals surface area contributed by atoms with E-state index in [9.17, 15) is 4.39 Å². The van der Waals surface area contributed by atoms with E-state index in [4.69, 9.17) is 0 Å². The van der Waals surface area contributed by atoms with Gasteiger partial charge in [-0.1, -0.05) is 31.7 Å². The molecule has 0 unspecified atom stereocenters. The summed E-state index contributed by atoms with van der Waals surface area (Å²) in [6.07, 6.45) is 8.86. The van der Waals surface area contributed by atoms with E-state index in [1.807, 2.05) is 6.07 Å². The number of fused-ring (bicyclic) bond motifs is 1. The summed E-state index contributed by atoms with van der Waals surface area (Å²) in [6.45, 7) is 0. The third kappa shape index (κ3) is 2.67. The van der Waals surface area contributed by atoms with Gasteiger partial charge in [0.15, 0.2) is 0 Å². The highest BCUT2D eigenvalue weighted by Gasteiger charge is 2.15. The van der Waals surface area contributed by atoms with Gasteiger partial charge in [-0.25, -0.2) is 14.4 Å². The highest BCUT2D eigenvalue weighted by atomic mass is 19.1. The monoisotopic (exact) mass is 259 g/mol. The molecular weight excluding hydrogens is 241 g/mol. The van der Waals surface area contributed by atoms with Crippen LogP contribution in [0.4, 0.5) is 10.2 Å². The first kappa shape index (κ1) is 12.3. The summed E-state index contributed by atoms with van der Waals surface area (Å²) in [7, 11) is 0. The number of nitrogens with one attached hydrogen (secondary N) is 1. The van der Waals surface area contributed by atoms with Gasteiger partial charge in [0.2, 0.25) is 0 Å². The molecule has 0 atom stereocenters. The Morgan fingerprint density at radius 3 is 2.63 bits per heavy atom. The second kappa shape index (κ2) is 5.51. The summed E-state index contributed by atoms with van der Waals surface area (Å²) in [6, 6.07) is 5.36. The van der Waals surface area contributed by atoms with Crippen LogP contribution in [0.5, 0.6) is 0 Å². The molecule has 0 bridgehead atoms. The molecule has 3 rings (SSSR count). The summed E-state index contributed by atoms with van der Waals surface area (Å²) in [4.78, 5) is 8.35. The first-order valence-electron chi connectivity index (χ1n) is 7.00. The van der Waals surface area contributed by atoms with Crippen LogP contribution >= 0.6 is 0 Å². The maximum absolute atomic E-state index is 14.0. The largest absolute Gasteiger partial charge is 0.367 e. The molecule has 1 N–H and O–H groups in total. The first-order chi connectivity index (χ1) is 9.34. The van der Waals surface area contributed by atoms with Gasteiger partial charge >= 0.3 is 0 Å². The zero-order valence-corrected chi connectivity index (χ0v) is 10.9. The van der Waals surface area contributed by atoms with E-state index in [1.165, 1.54) is 38.1 Å². The van der Waals surface area contributed by atoms with Crippen molar-refractivity contribution in [3.05, 3.63) is 30.3 Å². The number of rotatable bonds is 2. The molecule has 0 aliphatic heterocycles. The zero-order valence-electron chi connectivity index (χ0n) is 10.9. The van der Waals surface area contributed by atoms with Crippen LogP contribution in [0, 0.1) is 5.82 Å². The molecule has 0 amide bonds. The van der Waals surface area contributed by atoms with E-state index in [0.29, 0.717) is 22.8 Å². The van der Waals surface area contributed by atoms with Crippen molar-refractivity contribution in [1.29, 1.82) is 0 Å². The van der Waals surface area contributed by atoms with Gasteiger partial charge in [-0.3, -0.25) is 0 Å². The molecule has 1 aromatic carbocycles. The Morgan fingerprint density at radius 2 is 1.84 bits per heavy atom. The number of aromatic nitrogens is 2. The van der Waals surface area contributed by atoms with Gasteiger partial charge in [0, 0.05) is 6.04 Å². The number of anilines is 1. The number of halogens is 1. The molecule has 1 aromatic heterocycles. The minimum absolute atomic E-state index is 0.255. The smallest absolute Gasteiger partial charge is 0.140 e. The van der Waals surface area contributed by atoms with Gasteiger partial charge in [-0.05, 0) is 25.0 Å². The van der Waals surface area contributed by atoms with Crippen LogP contribution in [-0.2, 0) is 0 Å². The fourth-order valence-corrected chi connectivity index (χ4v) is 2.79. The Kier molecular flexibility index (Phi) is 3.58. The lowest BCUT2D eigenvalue weighted by molar-refractivity contribution is 0.615. The van der Waals surface area contributed by atoms with Gasteiger partial charge in [0.25, 0.3) is 0 Å². The average Bonchev–Trinajstić information content (AvgIpc) is 2.68. The van der Waals surface area contributed by atoms with Gasteiger partial charge in [0.05, 0.1) is 10.9 Å². The third-order valence-electron chi connectivity index (χ3n) is 3.81. The van der Waals surface area contributed by atoms with E-state index in [-0.39, 0.29) is 5.82 Å². The fourth-order valence-electron chi connectivity index (χ4n) is 2.79. The van der Waals surface area contributed by atoms with Crippen molar-refractivity contribution in [3.63, 3.8) is 0 Å². The summed E-state index contributed by atoms with van der Waals surface area (Å²) in [5, 5.41) is 3.92. The average molecular weight is 259 g/mol. The second-order valence-corrected chi connectivity index (χ2v) is 5.19. The Hall–Kier alpha value is -1.71. The molecule has 2 aromatic rings. The Bertz CT molecular complexity index is 557. The Labute approximate surface area is 112 Å². The molecule has 1 saturated carbocycles. The molecule has 19 heavy (non-hydrogen) atoms. The van der Waals surface area contributed by atoms with Crippen LogP contribution in [0.15, 0.2) is 24.5 Å². The molecule has 1 aliphatic carbocycles. The van der Waals surface area contributed by atoms with Crippen LogP contribution in [0.3, 0.4) is 0 Å². The van der Waals surface area contributed by atoms with Crippen molar-refractivity contribution in [2.45, 2.75) is 44.6 Å². The maximum Gasteiger partial charge on any atom is 0.140 e. The Morgan fingerprint density at radius 1 is 1.05 bits per heavy atom. The van der Waals surface area contributed by atoms with Crippen LogP contribution in [-0.4, -0.2) is 16.0 Å². The van der Waals surface area contributed by atoms with E-state index >= 15 is 0 Å². The minimum atomic E-state index is -0.255. The lowest BCUT2D eigenvalue weighted by Crippen LogP contribution is -2.19. The molecule has 1 aliphatic rings. The number of hydrogen-bond acceptors (Lipinski definition) is 3. The lowest BCUT2D eigenvalue weighted by Gasteiger charge is -2.18. The number of nitrogens with zero attached hydrogens (tertiary/aromatic N) is 2. The van der Waals surface area contributed by atoms with E-state index < -0.39 is 0 Å². The highest BCUT2D eigenvalue weighted by Crippen LogP contribution is 2.26. The number of benzene rings is 1. The SMILES string of the molecule is Fc1cccc2ncnc(NC3CCCCCC3)c12. The van der Waals surface area contributed by atoms with Crippen molar-refractivity contribution in [2.75, 3.05) is 5.32 Å². The second-order valence-electron chi connectivity index (χ2n) is 5.19. The van der Waals surface area contributed by atoms with Crippen LogP contribution < -0.4 is 5.32 Å². The molecule has 0 saturated heterocycles. The molecule has 4 heteroatoms. The predicted molar refractivity (Wildman–Crippen MR) is 74.6 cm³/mol. The predicted octanol–water partition coefficient (Wildman–Crippen LogP) is 3.90. The summed E-state index contributed by atoms with van der Waals surface area (Å²) < 4.78 is 14.0. The lowest BCUT2D eigenvalue weighted by atomic mass is 10.1. The van der Waals surface area contributed by atoms with Crippen molar-refractivity contribution in [2.24, 2.45) is 0 Å². The van der Waals surface area contributed by atoms with Crippen LogP contribution in [0.1, 0.15) is 38.5 Å². The molecule has 100 valence electrons. The highest BCUT2D eigenvalue weighted by molar-refractivity contribution is 5.89. The quantitative estimate of drug-likeness (QED) is 0.831. The van der Waals surface area contributed by atoms with Crippen LogP contribution in [0.2, 0.25) is 0 Å². The van der Waals surface area contributed by atoms with E-state index in [2.05, 4.69) is 15.3 Å². The van der Waals surface area contributed by atoms with Gasteiger partial charge in [-0.2, -0.15) is 0 Å².